The van der Waals surface area contributed by atoms with Gasteiger partial charge in [-0.3, -0.25) is 0 Å². The highest BCUT2D eigenvalue weighted by Crippen LogP contribution is 2.63. The van der Waals surface area contributed by atoms with Crippen molar-refractivity contribution in [2.45, 2.75) is 83.1 Å². The Hall–Kier alpha value is -6.66. The van der Waals surface area contributed by atoms with E-state index in [1.165, 1.54) is 0 Å². The van der Waals surface area contributed by atoms with E-state index < -0.39 is 0 Å². The Balaban J connectivity index is 1.63. The van der Waals surface area contributed by atoms with Gasteiger partial charge >= 0.3 is 0 Å². The Morgan fingerprint density at radius 2 is 0.317 bits per heavy atom. The van der Waals surface area contributed by atoms with Crippen molar-refractivity contribution in [3.8, 4) is 69.0 Å². The topological polar surface area (TPSA) is 55.4 Å². The Kier molecular flexibility index (Phi) is 12.0. The quantitative estimate of drug-likeness (QED) is 0.123. The molecular weight excluding hydrogens is 745 g/mol. The molecule has 0 atom stereocenters. The largest absolute Gasteiger partial charge is 0.449 e. The molecule has 0 unspecified atom stereocenters. The molecule has 0 aliphatic rings. The first kappa shape index (κ1) is 41.5. The molecule has 0 heterocycles. The molecule has 0 N–H and O–H groups in total. The number of hydrogen-bond donors (Lipinski definition) is 0. The SMILES string of the molecule is Cc1ccc(Oc2c(Oc3ccc(C)c(C)c3)c(Oc3ccc(C)c(C)c3)c(Oc3ccc(C)c(C)c3)c(Oc3ccc(C)c(C)c3)c2Oc2ccc(C)c(C)c2)cc1C. The lowest BCUT2D eigenvalue weighted by atomic mass is 10.1. The second-order valence-corrected chi connectivity index (χ2v) is 16.1. The summed E-state index contributed by atoms with van der Waals surface area (Å²) < 4.78 is 42.3. The Bertz CT molecular complexity index is 2240. The van der Waals surface area contributed by atoms with Crippen LogP contribution in [0.4, 0.5) is 0 Å². The summed E-state index contributed by atoms with van der Waals surface area (Å²) in [6.45, 7) is 24.8. The van der Waals surface area contributed by atoms with Gasteiger partial charge in [0.05, 0.1) is 0 Å². The van der Waals surface area contributed by atoms with Crippen molar-refractivity contribution in [3.63, 3.8) is 0 Å². The fourth-order valence-electron chi connectivity index (χ4n) is 6.55. The van der Waals surface area contributed by atoms with Gasteiger partial charge in [0.1, 0.15) is 34.5 Å². The summed E-state index contributed by atoms with van der Waals surface area (Å²) in [7, 11) is 0. The van der Waals surface area contributed by atoms with E-state index in [9.17, 15) is 0 Å². The normalized spacial score (nSPS) is 11.0. The van der Waals surface area contributed by atoms with Crippen LogP contribution in [0.2, 0.25) is 0 Å². The van der Waals surface area contributed by atoms with Crippen LogP contribution >= 0.6 is 0 Å². The smallest absolute Gasteiger partial charge is 0.220 e. The predicted molar refractivity (Wildman–Crippen MR) is 242 cm³/mol. The number of rotatable bonds is 12. The van der Waals surface area contributed by atoms with Crippen molar-refractivity contribution in [1.29, 1.82) is 0 Å². The number of ether oxygens (including phenoxy) is 6. The molecule has 0 aromatic heterocycles. The predicted octanol–water partition coefficient (Wildman–Crippen LogP) is 16.1. The summed E-state index contributed by atoms with van der Waals surface area (Å²) in [4.78, 5) is 0. The Labute approximate surface area is 355 Å². The van der Waals surface area contributed by atoms with Crippen molar-refractivity contribution < 1.29 is 28.4 Å². The molecule has 0 fully saturated rings. The molecule has 306 valence electrons. The molecule has 60 heavy (non-hydrogen) atoms. The van der Waals surface area contributed by atoms with Crippen molar-refractivity contribution in [2.75, 3.05) is 0 Å². The molecular formula is C54H54O6. The maximum Gasteiger partial charge on any atom is 0.220 e. The van der Waals surface area contributed by atoms with E-state index in [2.05, 4.69) is 83.1 Å². The molecule has 0 spiro atoms. The average Bonchev–Trinajstić information content (AvgIpc) is 3.20. The maximum atomic E-state index is 7.05. The zero-order chi connectivity index (χ0) is 42.8. The van der Waals surface area contributed by atoms with Crippen LogP contribution in [-0.2, 0) is 0 Å². The maximum absolute atomic E-state index is 7.05. The van der Waals surface area contributed by atoms with Crippen LogP contribution in [0.1, 0.15) is 66.8 Å². The zero-order valence-electron chi connectivity index (χ0n) is 36.8. The van der Waals surface area contributed by atoms with Crippen LogP contribution in [0.5, 0.6) is 69.0 Å². The molecule has 0 amide bonds. The summed E-state index contributed by atoms with van der Waals surface area (Å²) in [6, 6.07) is 35.9. The third-order valence-corrected chi connectivity index (χ3v) is 11.4. The van der Waals surface area contributed by atoms with Gasteiger partial charge in [0.25, 0.3) is 0 Å². The van der Waals surface area contributed by atoms with E-state index >= 15 is 0 Å². The fourth-order valence-corrected chi connectivity index (χ4v) is 6.55. The van der Waals surface area contributed by atoms with Gasteiger partial charge in [-0.1, -0.05) is 36.4 Å². The van der Waals surface area contributed by atoms with Gasteiger partial charge in [-0.05, 0) is 223 Å². The van der Waals surface area contributed by atoms with Crippen LogP contribution < -0.4 is 28.4 Å². The summed E-state index contributed by atoms with van der Waals surface area (Å²) in [5.74, 6) is 4.86. The summed E-state index contributed by atoms with van der Waals surface area (Å²) >= 11 is 0. The van der Waals surface area contributed by atoms with Crippen molar-refractivity contribution >= 4 is 0 Å². The summed E-state index contributed by atoms with van der Waals surface area (Å²) in [6.07, 6.45) is 0. The van der Waals surface area contributed by atoms with E-state index in [0.717, 1.165) is 66.8 Å². The van der Waals surface area contributed by atoms with Gasteiger partial charge in [0.15, 0.2) is 0 Å². The van der Waals surface area contributed by atoms with E-state index in [4.69, 9.17) is 28.4 Å². The minimum atomic E-state index is 0.236. The third kappa shape index (κ3) is 9.14. The molecule has 0 bridgehead atoms. The molecule has 7 aromatic rings. The molecule has 0 aliphatic carbocycles. The van der Waals surface area contributed by atoms with Gasteiger partial charge in [0, 0.05) is 0 Å². The van der Waals surface area contributed by atoms with Crippen LogP contribution in [-0.4, -0.2) is 0 Å². The molecule has 0 aliphatic heterocycles. The van der Waals surface area contributed by atoms with Crippen LogP contribution in [0.25, 0.3) is 0 Å². The molecule has 7 rings (SSSR count). The van der Waals surface area contributed by atoms with E-state index in [1.807, 2.05) is 109 Å². The van der Waals surface area contributed by atoms with E-state index in [0.29, 0.717) is 34.5 Å². The third-order valence-electron chi connectivity index (χ3n) is 11.4. The van der Waals surface area contributed by atoms with Crippen molar-refractivity contribution in [2.24, 2.45) is 0 Å². The van der Waals surface area contributed by atoms with Gasteiger partial charge in [0.2, 0.25) is 34.5 Å². The minimum absolute atomic E-state index is 0.236. The Morgan fingerprint density at radius 1 is 0.183 bits per heavy atom. The molecule has 0 radical (unpaired) electrons. The molecule has 0 saturated heterocycles. The molecule has 6 heteroatoms. The Morgan fingerprint density at radius 3 is 0.433 bits per heavy atom. The standard InChI is InChI=1S/C54H54O6/c1-31-13-19-43(25-37(31)7)55-49-50(56-44-20-14-32(2)38(8)26-44)52(58-46-22-16-34(4)40(10)28-46)54(60-48-24-18-36(6)42(12)30-48)53(59-47-23-17-35(5)41(11)29-47)51(49)57-45-21-15-33(3)39(9)27-45/h13-30H,1-12H3. The second-order valence-electron chi connectivity index (χ2n) is 16.1. The van der Waals surface area contributed by atoms with Gasteiger partial charge < -0.3 is 28.4 Å². The van der Waals surface area contributed by atoms with E-state index in [1.54, 1.807) is 0 Å². The number of aryl methyl sites for hydroxylation is 12. The highest BCUT2D eigenvalue weighted by atomic mass is 16.6. The lowest BCUT2D eigenvalue weighted by molar-refractivity contribution is 0.326. The van der Waals surface area contributed by atoms with Crippen molar-refractivity contribution in [1.82, 2.24) is 0 Å². The van der Waals surface area contributed by atoms with E-state index in [-0.39, 0.29) is 34.5 Å². The monoisotopic (exact) mass is 798 g/mol. The molecule has 0 saturated carbocycles. The zero-order valence-corrected chi connectivity index (χ0v) is 36.8. The van der Waals surface area contributed by atoms with Crippen LogP contribution in [0.3, 0.4) is 0 Å². The second kappa shape index (κ2) is 17.3. The number of benzene rings is 7. The van der Waals surface area contributed by atoms with Crippen LogP contribution in [0.15, 0.2) is 109 Å². The van der Waals surface area contributed by atoms with Gasteiger partial charge in [-0.25, -0.2) is 0 Å². The molecule has 6 nitrogen and oxygen atoms in total. The first-order valence-corrected chi connectivity index (χ1v) is 20.4. The highest BCUT2D eigenvalue weighted by Gasteiger charge is 2.35. The highest BCUT2D eigenvalue weighted by molar-refractivity contribution is 5.77. The van der Waals surface area contributed by atoms with Gasteiger partial charge in [-0.15, -0.1) is 0 Å². The lowest BCUT2D eigenvalue weighted by Gasteiger charge is -2.26. The average molecular weight is 799 g/mol. The molecule has 7 aromatic carbocycles. The van der Waals surface area contributed by atoms with Gasteiger partial charge in [-0.2, -0.15) is 0 Å². The van der Waals surface area contributed by atoms with Crippen molar-refractivity contribution in [3.05, 3.63) is 176 Å². The fraction of sp³-hybridized carbons (Fsp3) is 0.222. The van der Waals surface area contributed by atoms with Crippen LogP contribution in [0, 0.1) is 83.1 Å². The minimum Gasteiger partial charge on any atom is -0.449 e. The lowest BCUT2D eigenvalue weighted by Crippen LogP contribution is -2.04. The first-order valence-electron chi connectivity index (χ1n) is 20.4. The first-order chi connectivity index (χ1) is 28.6. The summed E-state index contributed by atoms with van der Waals surface area (Å²) in [5.41, 5.74) is 13.2. The number of hydrogen-bond acceptors (Lipinski definition) is 6. The summed E-state index contributed by atoms with van der Waals surface area (Å²) in [5, 5.41) is 0.